The Bertz CT molecular complexity index is 1550. The molecule has 1 saturated heterocycles. The lowest BCUT2D eigenvalue weighted by atomic mass is 9.80. The van der Waals surface area contributed by atoms with Gasteiger partial charge in [-0.1, -0.05) is 72.8 Å². The number of carbonyl (C=O) groups excluding carboxylic acids is 1. The van der Waals surface area contributed by atoms with Gasteiger partial charge in [0.15, 0.2) is 0 Å². The number of amides is 1. The number of rotatable bonds is 8. The third-order valence-corrected chi connectivity index (χ3v) is 7.92. The minimum atomic E-state index is -1.40. The van der Waals surface area contributed by atoms with Gasteiger partial charge in [-0.2, -0.15) is 0 Å². The topological polar surface area (TPSA) is 113 Å². The summed E-state index contributed by atoms with van der Waals surface area (Å²) >= 11 is 0. The number of hydrogen-bond acceptors (Lipinski definition) is 5. The Balaban J connectivity index is 1.35. The number of nitro benzene ring substituents is 1. The molecule has 2 unspecified atom stereocenters. The molecular formula is C32H31N3O5. The highest BCUT2D eigenvalue weighted by Gasteiger charge is 2.34. The molecule has 8 heteroatoms. The molecule has 40 heavy (non-hydrogen) atoms. The van der Waals surface area contributed by atoms with Crippen LogP contribution in [0.25, 0.3) is 10.8 Å². The summed E-state index contributed by atoms with van der Waals surface area (Å²) in [6, 6.07) is 28.5. The van der Waals surface area contributed by atoms with Crippen molar-refractivity contribution in [2.45, 2.75) is 25.3 Å². The normalized spacial score (nSPS) is 17.9. The van der Waals surface area contributed by atoms with Crippen LogP contribution in [0.5, 0.6) is 0 Å². The van der Waals surface area contributed by atoms with E-state index in [1.54, 1.807) is 4.90 Å². The van der Waals surface area contributed by atoms with Crippen LogP contribution in [0.1, 0.15) is 57.1 Å². The molecule has 1 fully saturated rings. The number of fused-ring (bicyclic) bond motifs is 1. The van der Waals surface area contributed by atoms with Gasteiger partial charge in [0, 0.05) is 36.7 Å². The second kappa shape index (κ2) is 11.7. The van der Waals surface area contributed by atoms with Crippen LogP contribution in [0, 0.1) is 16.0 Å². The number of carboxylic acid groups (broad SMARTS) is 1. The zero-order chi connectivity index (χ0) is 28.2. The Labute approximate surface area is 232 Å². The van der Waals surface area contributed by atoms with Crippen molar-refractivity contribution in [3.63, 3.8) is 0 Å². The van der Waals surface area contributed by atoms with E-state index in [0.29, 0.717) is 13.1 Å². The van der Waals surface area contributed by atoms with Gasteiger partial charge in [0.2, 0.25) is 0 Å². The molecule has 4 aromatic rings. The number of likely N-dealkylation sites (tertiary alicyclic amines) is 1. The summed E-state index contributed by atoms with van der Waals surface area (Å²) in [5, 5.41) is 26.9. The number of nitrogens with zero attached hydrogens (tertiary/aromatic N) is 2. The van der Waals surface area contributed by atoms with Crippen LogP contribution >= 0.6 is 0 Å². The lowest BCUT2D eigenvalue weighted by molar-refractivity contribution is -0.385. The number of nitrogens with one attached hydrogen (secondary N) is 1. The van der Waals surface area contributed by atoms with E-state index >= 15 is 0 Å². The van der Waals surface area contributed by atoms with E-state index < -0.39 is 22.1 Å². The highest BCUT2D eigenvalue weighted by atomic mass is 16.6. The first-order valence-corrected chi connectivity index (χ1v) is 13.4. The molecule has 0 spiro atoms. The number of carboxylic acids is 1. The van der Waals surface area contributed by atoms with Gasteiger partial charge in [-0.15, -0.1) is 0 Å². The monoisotopic (exact) mass is 537 g/mol. The molecule has 2 N–H and O–H groups in total. The first-order valence-electron chi connectivity index (χ1n) is 13.4. The Morgan fingerprint density at radius 3 is 2.50 bits per heavy atom. The maximum atomic E-state index is 13.5. The first-order chi connectivity index (χ1) is 19.3. The van der Waals surface area contributed by atoms with Crippen LogP contribution in [-0.4, -0.2) is 46.4 Å². The van der Waals surface area contributed by atoms with E-state index in [-0.39, 0.29) is 29.3 Å². The Morgan fingerprint density at radius 1 is 1.02 bits per heavy atom. The fraction of sp³-hybridized carbons (Fsp3) is 0.250. The second-order valence-corrected chi connectivity index (χ2v) is 10.3. The largest absolute Gasteiger partial charge is 0.477 e. The molecule has 1 amide bonds. The number of nitro groups is 1. The third-order valence-electron chi connectivity index (χ3n) is 7.92. The van der Waals surface area contributed by atoms with E-state index in [1.165, 1.54) is 22.4 Å². The van der Waals surface area contributed by atoms with Crippen LogP contribution in [0.3, 0.4) is 0 Å². The molecule has 3 atom stereocenters. The van der Waals surface area contributed by atoms with Crippen LogP contribution in [-0.2, 0) is 0 Å². The SMILES string of the molecule is C[C@@H](NCC1CCN(C(=O)c2ccc(C(=O)O)c([N+](=O)[O-])c2)CC1c1ccccc1)c1cccc2ccccc12. The summed E-state index contributed by atoms with van der Waals surface area (Å²) in [6.07, 6.45) is 0.760. The number of hydrogen-bond donors (Lipinski definition) is 2. The minimum absolute atomic E-state index is 0.0689. The number of carbonyl (C=O) groups is 2. The van der Waals surface area contributed by atoms with Gasteiger partial charge in [-0.25, -0.2) is 4.79 Å². The molecule has 0 saturated carbocycles. The minimum Gasteiger partial charge on any atom is -0.477 e. The molecule has 4 aromatic carbocycles. The molecule has 0 aromatic heterocycles. The van der Waals surface area contributed by atoms with Gasteiger partial charge >= 0.3 is 5.97 Å². The van der Waals surface area contributed by atoms with Gasteiger partial charge < -0.3 is 15.3 Å². The standard InChI is InChI=1S/C32H31N3O5/c1-21(26-13-7-11-22-10-5-6-12-27(22)26)33-19-25-16-17-34(20-29(25)23-8-3-2-4-9-23)31(36)24-14-15-28(32(37)38)30(18-24)35(39)40/h2-15,18,21,25,29,33H,16-17,19-20H2,1H3,(H,37,38)/t21-,25?,29?/m1/s1. The van der Waals surface area contributed by atoms with E-state index in [4.69, 9.17) is 0 Å². The van der Waals surface area contributed by atoms with Crippen molar-refractivity contribution in [2.75, 3.05) is 19.6 Å². The van der Waals surface area contributed by atoms with Crippen molar-refractivity contribution >= 4 is 28.3 Å². The molecule has 0 aliphatic carbocycles. The summed E-state index contributed by atoms with van der Waals surface area (Å²) in [6.45, 7) is 3.91. The second-order valence-electron chi connectivity index (χ2n) is 10.3. The molecular weight excluding hydrogens is 506 g/mol. The zero-order valence-corrected chi connectivity index (χ0v) is 22.2. The van der Waals surface area contributed by atoms with E-state index in [2.05, 4.69) is 60.8 Å². The van der Waals surface area contributed by atoms with Crippen LogP contribution < -0.4 is 5.32 Å². The van der Waals surface area contributed by atoms with Gasteiger partial charge in [0.1, 0.15) is 5.56 Å². The fourth-order valence-corrected chi connectivity index (χ4v) is 5.75. The van der Waals surface area contributed by atoms with Gasteiger partial charge in [-0.3, -0.25) is 14.9 Å². The molecule has 204 valence electrons. The van der Waals surface area contributed by atoms with E-state index in [9.17, 15) is 24.8 Å². The molecule has 0 radical (unpaired) electrons. The molecule has 5 rings (SSSR count). The smallest absolute Gasteiger partial charge is 0.342 e. The van der Waals surface area contributed by atoms with Crippen molar-refractivity contribution < 1.29 is 19.6 Å². The predicted molar refractivity (Wildman–Crippen MR) is 154 cm³/mol. The highest BCUT2D eigenvalue weighted by Crippen LogP contribution is 2.34. The Kier molecular flexibility index (Phi) is 7.89. The van der Waals surface area contributed by atoms with Crippen molar-refractivity contribution in [1.29, 1.82) is 0 Å². The van der Waals surface area contributed by atoms with Gasteiger partial charge in [-0.05, 0) is 59.8 Å². The molecule has 1 aliphatic heterocycles. The summed E-state index contributed by atoms with van der Waals surface area (Å²) < 4.78 is 0. The Morgan fingerprint density at radius 2 is 1.75 bits per heavy atom. The van der Waals surface area contributed by atoms with Gasteiger partial charge in [0.25, 0.3) is 11.6 Å². The average Bonchev–Trinajstić information content (AvgIpc) is 2.99. The zero-order valence-electron chi connectivity index (χ0n) is 22.2. The number of benzene rings is 4. The molecule has 1 heterocycles. The predicted octanol–water partition coefficient (Wildman–Crippen LogP) is 6.04. The van der Waals surface area contributed by atoms with Crippen molar-refractivity contribution in [3.05, 3.63) is 123 Å². The third kappa shape index (κ3) is 5.58. The van der Waals surface area contributed by atoms with Crippen molar-refractivity contribution in [1.82, 2.24) is 10.2 Å². The summed E-state index contributed by atoms with van der Waals surface area (Å²) in [5.74, 6) is -1.40. The summed E-state index contributed by atoms with van der Waals surface area (Å²) in [7, 11) is 0. The van der Waals surface area contributed by atoms with E-state index in [0.717, 1.165) is 30.7 Å². The molecule has 1 aliphatic rings. The maximum Gasteiger partial charge on any atom is 0.342 e. The first kappa shape index (κ1) is 27.0. The Hall–Kier alpha value is -4.56. The van der Waals surface area contributed by atoms with E-state index in [1.807, 2.05) is 24.3 Å². The fourth-order valence-electron chi connectivity index (χ4n) is 5.75. The van der Waals surface area contributed by atoms with Gasteiger partial charge in [0.05, 0.1) is 4.92 Å². The highest BCUT2D eigenvalue weighted by molar-refractivity contribution is 5.98. The van der Waals surface area contributed by atoms with Crippen LogP contribution in [0.15, 0.2) is 91.0 Å². The van der Waals surface area contributed by atoms with Crippen molar-refractivity contribution in [2.24, 2.45) is 5.92 Å². The molecule has 8 nitrogen and oxygen atoms in total. The lowest BCUT2D eigenvalue weighted by Gasteiger charge is -2.39. The maximum absolute atomic E-state index is 13.5. The van der Waals surface area contributed by atoms with Crippen molar-refractivity contribution in [3.8, 4) is 0 Å². The number of aromatic carboxylic acids is 1. The quantitative estimate of drug-likeness (QED) is 0.209. The number of piperidine rings is 1. The lowest BCUT2D eigenvalue weighted by Crippen LogP contribution is -2.45. The van der Waals surface area contributed by atoms with Crippen LogP contribution in [0.2, 0.25) is 0 Å². The summed E-state index contributed by atoms with van der Waals surface area (Å²) in [5.41, 5.74) is 1.48. The average molecular weight is 538 g/mol. The summed E-state index contributed by atoms with van der Waals surface area (Å²) in [4.78, 5) is 37.3. The molecule has 0 bridgehead atoms. The van der Waals surface area contributed by atoms with Crippen LogP contribution in [0.4, 0.5) is 5.69 Å².